The fourth-order valence-corrected chi connectivity index (χ4v) is 4.84. The van der Waals surface area contributed by atoms with Crippen LogP contribution in [0.2, 0.25) is 0 Å². The van der Waals surface area contributed by atoms with Crippen molar-refractivity contribution in [2.24, 2.45) is 0 Å². The van der Waals surface area contributed by atoms with Gasteiger partial charge in [0.2, 0.25) is 11.0 Å². The molecule has 10 heteroatoms. The number of sulfonamides is 1. The lowest BCUT2D eigenvalue weighted by Gasteiger charge is -2.05. The van der Waals surface area contributed by atoms with Gasteiger partial charge in [-0.2, -0.15) is 0 Å². The molecule has 0 spiro atoms. The summed E-state index contributed by atoms with van der Waals surface area (Å²) in [6.45, 7) is 3.33. The summed E-state index contributed by atoms with van der Waals surface area (Å²) in [4.78, 5) is 16.1. The van der Waals surface area contributed by atoms with E-state index < -0.39 is 10.0 Å². The van der Waals surface area contributed by atoms with Crippen LogP contribution in [0, 0.1) is 10.5 Å². The molecule has 0 aliphatic heterocycles. The van der Waals surface area contributed by atoms with Crippen LogP contribution < -0.4 is 10.0 Å². The minimum atomic E-state index is -3.79. The molecule has 1 aromatic carbocycles. The van der Waals surface area contributed by atoms with Gasteiger partial charge >= 0.3 is 0 Å². The van der Waals surface area contributed by atoms with Gasteiger partial charge < -0.3 is 9.73 Å². The second-order valence-electron chi connectivity index (χ2n) is 5.69. The van der Waals surface area contributed by atoms with Crippen molar-refractivity contribution >= 4 is 55.0 Å². The molecule has 0 aliphatic rings. The first-order valence-corrected chi connectivity index (χ1v) is 11.2. The summed E-state index contributed by atoms with van der Waals surface area (Å²) in [5.41, 5.74) is 1.50. The second kappa shape index (κ2) is 8.09. The Morgan fingerprint density at radius 2 is 2.11 bits per heavy atom. The highest BCUT2D eigenvalue weighted by Gasteiger charge is 2.21. The van der Waals surface area contributed by atoms with Gasteiger partial charge in [0, 0.05) is 19.9 Å². The van der Waals surface area contributed by atoms with Gasteiger partial charge in [0.1, 0.15) is 5.76 Å². The number of aryl methyl sites for hydroxylation is 1. The van der Waals surface area contributed by atoms with Crippen molar-refractivity contribution in [2.75, 3.05) is 5.32 Å². The molecule has 0 saturated heterocycles. The molecule has 146 valence electrons. The lowest BCUT2D eigenvalue weighted by atomic mass is 10.2. The first-order chi connectivity index (χ1) is 12.7. The van der Waals surface area contributed by atoms with Crippen LogP contribution in [0.1, 0.15) is 21.0 Å². The number of thiazole rings is 1. The SMILES string of the molecule is CC(=O)Nc1nc(C)c(-c2ccc(S(=O)(=O)NCc3cccc(I)c3)o2)s1.[HH].[HH]. The average molecular weight is 521 g/mol. The number of hydrogen-bond acceptors (Lipinski definition) is 6. The summed E-state index contributed by atoms with van der Waals surface area (Å²) in [7, 11) is -3.79. The van der Waals surface area contributed by atoms with E-state index in [0.717, 1.165) is 9.13 Å². The lowest BCUT2D eigenvalue weighted by Crippen LogP contribution is -2.22. The number of nitrogens with zero attached hydrogens (tertiary/aromatic N) is 1. The van der Waals surface area contributed by atoms with Crippen molar-refractivity contribution in [3.05, 3.63) is 51.2 Å². The van der Waals surface area contributed by atoms with Crippen molar-refractivity contribution in [2.45, 2.75) is 25.5 Å². The summed E-state index contributed by atoms with van der Waals surface area (Å²) in [5, 5.41) is 2.88. The van der Waals surface area contributed by atoms with Crippen LogP contribution in [0.15, 0.2) is 45.9 Å². The number of carbonyl (C=O) groups is 1. The minimum Gasteiger partial charge on any atom is -0.442 e. The molecular formula is C17H20IN3O4S2. The molecule has 1 amide bonds. The minimum absolute atomic E-state index is 0. The maximum absolute atomic E-state index is 12.5. The van der Waals surface area contributed by atoms with Crippen LogP contribution in [-0.2, 0) is 21.4 Å². The third kappa shape index (κ3) is 4.94. The van der Waals surface area contributed by atoms with E-state index in [1.165, 1.54) is 24.3 Å². The molecule has 3 rings (SSSR count). The topological polar surface area (TPSA) is 101 Å². The fraction of sp³-hybridized carbons (Fsp3) is 0.176. The Balaban J connectivity index is 0.00000210. The van der Waals surface area contributed by atoms with Crippen molar-refractivity contribution in [3.63, 3.8) is 0 Å². The third-order valence-electron chi connectivity index (χ3n) is 3.50. The summed E-state index contributed by atoms with van der Waals surface area (Å²) in [6, 6.07) is 10.5. The highest BCUT2D eigenvalue weighted by molar-refractivity contribution is 14.1. The quantitative estimate of drug-likeness (QED) is 0.473. The highest BCUT2D eigenvalue weighted by atomic mass is 127. The Labute approximate surface area is 177 Å². The number of carbonyl (C=O) groups excluding carboxylic acids is 1. The predicted molar refractivity (Wildman–Crippen MR) is 116 cm³/mol. The number of amides is 1. The van der Waals surface area contributed by atoms with Gasteiger partial charge in [0.15, 0.2) is 5.13 Å². The highest BCUT2D eigenvalue weighted by Crippen LogP contribution is 2.34. The lowest BCUT2D eigenvalue weighted by molar-refractivity contribution is -0.114. The third-order valence-corrected chi connectivity index (χ3v) is 6.54. The zero-order valence-corrected chi connectivity index (χ0v) is 18.2. The van der Waals surface area contributed by atoms with Crippen molar-refractivity contribution < 1.29 is 20.5 Å². The zero-order valence-electron chi connectivity index (χ0n) is 14.4. The van der Waals surface area contributed by atoms with Crippen LogP contribution in [0.3, 0.4) is 0 Å². The van der Waals surface area contributed by atoms with Crippen LogP contribution in [0.25, 0.3) is 10.6 Å². The normalized spacial score (nSPS) is 11.5. The van der Waals surface area contributed by atoms with Gasteiger partial charge in [-0.25, -0.2) is 18.1 Å². The van der Waals surface area contributed by atoms with E-state index in [2.05, 4.69) is 37.6 Å². The van der Waals surface area contributed by atoms with Crippen LogP contribution in [0.5, 0.6) is 0 Å². The maximum Gasteiger partial charge on any atom is 0.274 e. The van der Waals surface area contributed by atoms with Crippen LogP contribution in [0.4, 0.5) is 5.13 Å². The van der Waals surface area contributed by atoms with Crippen LogP contribution >= 0.6 is 33.9 Å². The number of furan rings is 1. The van der Waals surface area contributed by atoms with E-state index in [1.807, 2.05) is 24.3 Å². The molecule has 0 radical (unpaired) electrons. The Hall–Kier alpha value is -1.76. The Kier molecular flexibility index (Phi) is 5.99. The van der Waals surface area contributed by atoms with E-state index in [0.29, 0.717) is 21.5 Å². The molecule has 0 unspecified atom stereocenters. The van der Waals surface area contributed by atoms with Gasteiger partial charge in [-0.3, -0.25) is 4.79 Å². The van der Waals surface area contributed by atoms with Gasteiger partial charge in [0.25, 0.3) is 10.0 Å². The second-order valence-corrected chi connectivity index (χ2v) is 9.63. The first-order valence-electron chi connectivity index (χ1n) is 7.84. The van der Waals surface area contributed by atoms with Crippen LogP contribution in [-0.4, -0.2) is 19.3 Å². The molecule has 3 aromatic rings. The van der Waals surface area contributed by atoms with Crippen molar-refractivity contribution in [3.8, 4) is 10.6 Å². The van der Waals surface area contributed by atoms with Crippen molar-refractivity contribution in [1.29, 1.82) is 0 Å². The number of rotatable bonds is 6. The largest absolute Gasteiger partial charge is 0.442 e. The summed E-state index contributed by atoms with van der Waals surface area (Å²) >= 11 is 3.40. The summed E-state index contributed by atoms with van der Waals surface area (Å²) in [5.74, 6) is 0.161. The van der Waals surface area contributed by atoms with Gasteiger partial charge in [-0.15, -0.1) is 0 Å². The zero-order chi connectivity index (χ0) is 19.6. The molecule has 0 fully saturated rings. The van der Waals surface area contributed by atoms with E-state index >= 15 is 0 Å². The summed E-state index contributed by atoms with van der Waals surface area (Å²) < 4.78 is 34.1. The number of halogens is 1. The van der Waals surface area contributed by atoms with Gasteiger partial charge in [0.05, 0.1) is 10.6 Å². The van der Waals surface area contributed by atoms with E-state index in [9.17, 15) is 13.2 Å². The molecule has 0 atom stereocenters. The number of aromatic nitrogens is 1. The molecule has 0 bridgehead atoms. The number of benzene rings is 1. The molecular weight excluding hydrogens is 501 g/mol. The van der Waals surface area contributed by atoms with Gasteiger partial charge in [-0.05, 0) is 59.3 Å². The fourth-order valence-electron chi connectivity index (χ4n) is 2.31. The number of nitrogens with one attached hydrogen (secondary N) is 2. The van der Waals surface area contributed by atoms with E-state index in [-0.39, 0.29) is 20.4 Å². The van der Waals surface area contributed by atoms with E-state index in [4.69, 9.17) is 4.42 Å². The molecule has 0 aliphatic carbocycles. The molecule has 2 N–H and O–H groups in total. The summed E-state index contributed by atoms with van der Waals surface area (Å²) in [6.07, 6.45) is 0. The Bertz CT molecular complexity index is 1100. The predicted octanol–water partition coefficient (Wildman–Crippen LogP) is 4.25. The molecule has 7 nitrogen and oxygen atoms in total. The molecule has 27 heavy (non-hydrogen) atoms. The molecule has 2 aromatic heterocycles. The van der Waals surface area contributed by atoms with E-state index in [1.54, 1.807) is 13.0 Å². The average Bonchev–Trinajstić information content (AvgIpc) is 3.20. The Morgan fingerprint density at radius 3 is 2.81 bits per heavy atom. The molecule has 2 heterocycles. The standard InChI is InChI=1S/C17H16IN3O4S2.2H2/c1-10-16(26-17(20-10)21-11(2)22)14-6-7-15(25-14)27(23,24)19-9-12-4-3-5-13(18)8-12;;/h3-8,19H,9H2,1-2H3,(H,20,21,22);2*1H. The number of hydrogen-bond donors (Lipinski definition) is 2. The monoisotopic (exact) mass is 521 g/mol. The maximum atomic E-state index is 12.5. The van der Waals surface area contributed by atoms with Crippen molar-refractivity contribution in [1.82, 2.24) is 9.71 Å². The first kappa shape index (κ1) is 20.0. The Morgan fingerprint density at radius 1 is 1.33 bits per heavy atom. The van der Waals surface area contributed by atoms with Gasteiger partial charge in [-0.1, -0.05) is 23.5 Å². The molecule has 0 saturated carbocycles. The smallest absolute Gasteiger partial charge is 0.274 e. The number of anilines is 1.